The number of aliphatic hydroxyl groups excluding tert-OH is 2. The third kappa shape index (κ3) is 9.96. The average molecular weight is 204 g/mol. The van der Waals surface area contributed by atoms with Gasteiger partial charge in [-0.05, 0) is 6.42 Å². The zero-order valence-corrected chi connectivity index (χ0v) is 9.24. The van der Waals surface area contributed by atoms with Crippen molar-refractivity contribution >= 4 is 0 Å². The minimum atomic E-state index is -0.991. The van der Waals surface area contributed by atoms with Crippen molar-refractivity contribution in [1.29, 1.82) is 0 Å². The Morgan fingerprint density at radius 1 is 1.00 bits per heavy atom. The highest BCUT2D eigenvalue weighted by atomic mass is 16.6. The van der Waals surface area contributed by atoms with Gasteiger partial charge in [0.2, 0.25) is 0 Å². The lowest BCUT2D eigenvalue weighted by molar-refractivity contribution is -0.125. The SMILES string of the molecule is CCCCCCCCCOC(O)CO. The smallest absolute Gasteiger partial charge is 0.177 e. The van der Waals surface area contributed by atoms with E-state index < -0.39 is 6.29 Å². The molecule has 14 heavy (non-hydrogen) atoms. The van der Waals surface area contributed by atoms with E-state index in [0.717, 1.165) is 12.8 Å². The molecule has 0 aromatic heterocycles. The normalized spacial score (nSPS) is 13.1. The zero-order chi connectivity index (χ0) is 10.6. The highest BCUT2D eigenvalue weighted by Crippen LogP contribution is 2.06. The Bertz CT molecular complexity index is 107. The Morgan fingerprint density at radius 3 is 2.14 bits per heavy atom. The van der Waals surface area contributed by atoms with Crippen LogP contribution in [0.5, 0.6) is 0 Å². The summed E-state index contributed by atoms with van der Waals surface area (Å²) < 4.78 is 4.92. The summed E-state index contributed by atoms with van der Waals surface area (Å²) in [6, 6.07) is 0. The fraction of sp³-hybridized carbons (Fsp3) is 1.00. The third-order valence-electron chi connectivity index (χ3n) is 2.21. The number of unbranched alkanes of at least 4 members (excludes halogenated alkanes) is 6. The van der Waals surface area contributed by atoms with Gasteiger partial charge in [0.1, 0.15) is 0 Å². The van der Waals surface area contributed by atoms with E-state index in [-0.39, 0.29) is 6.61 Å². The van der Waals surface area contributed by atoms with Crippen molar-refractivity contribution in [3.8, 4) is 0 Å². The van der Waals surface area contributed by atoms with Crippen molar-refractivity contribution in [2.24, 2.45) is 0 Å². The Labute approximate surface area is 87.1 Å². The van der Waals surface area contributed by atoms with E-state index >= 15 is 0 Å². The van der Waals surface area contributed by atoms with Crippen LogP contribution in [-0.2, 0) is 4.74 Å². The molecule has 0 bridgehead atoms. The van der Waals surface area contributed by atoms with E-state index in [9.17, 15) is 0 Å². The molecule has 0 aliphatic rings. The minimum absolute atomic E-state index is 0.309. The van der Waals surface area contributed by atoms with Crippen LogP contribution in [0.3, 0.4) is 0 Å². The lowest BCUT2D eigenvalue weighted by Gasteiger charge is -2.08. The summed E-state index contributed by atoms with van der Waals surface area (Å²) in [5.41, 5.74) is 0. The molecular weight excluding hydrogens is 180 g/mol. The second kappa shape index (κ2) is 11.0. The second-order valence-corrected chi connectivity index (χ2v) is 3.63. The zero-order valence-electron chi connectivity index (χ0n) is 9.24. The summed E-state index contributed by atoms with van der Waals surface area (Å²) in [5.74, 6) is 0. The summed E-state index contributed by atoms with van der Waals surface area (Å²) in [7, 11) is 0. The first kappa shape index (κ1) is 13.9. The molecule has 3 nitrogen and oxygen atoms in total. The van der Waals surface area contributed by atoms with Crippen LogP contribution >= 0.6 is 0 Å². The predicted molar refractivity (Wildman–Crippen MR) is 57.0 cm³/mol. The van der Waals surface area contributed by atoms with Crippen LogP contribution in [0.1, 0.15) is 51.9 Å². The number of rotatable bonds is 10. The molecule has 0 rings (SSSR count). The summed E-state index contributed by atoms with van der Waals surface area (Å²) >= 11 is 0. The molecule has 0 saturated heterocycles. The highest BCUT2D eigenvalue weighted by Gasteiger charge is 1.99. The van der Waals surface area contributed by atoms with E-state index in [1.165, 1.54) is 32.1 Å². The molecule has 1 unspecified atom stereocenters. The predicted octanol–water partition coefficient (Wildman–Crippen LogP) is 2.06. The Hall–Kier alpha value is -0.120. The van der Waals surface area contributed by atoms with Crippen LogP contribution in [0.2, 0.25) is 0 Å². The Kier molecular flexibility index (Phi) is 10.9. The van der Waals surface area contributed by atoms with Gasteiger partial charge in [0.15, 0.2) is 6.29 Å². The average Bonchev–Trinajstić information content (AvgIpc) is 2.21. The molecule has 0 aliphatic carbocycles. The largest absolute Gasteiger partial charge is 0.391 e. The Balaban J connectivity index is 2.92. The van der Waals surface area contributed by atoms with Crippen molar-refractivity contribution in [2.75, 3.05) is 13.2 Å². The summed E-state index contributed by atoms with van der Waals surface area (Å²) in [6.07, 6.45) is 7.64. The maximum Gasteiger partial charge on any atom is 0.177 e. The highest BCUT2D eigenvalue weighted by molar-refractivity contribution is 4.45. The molecule has 0 fully saturated rings. The summed E-state index contributed by atoms with van der Waals surface area (Å²) in [6.45, 7) is 2.45. The fourth-order valence-corrected chi connectivity index (χ4v) is 1.33. The molecule has 0 heterocycles. The number of ether oxygens (including phenoxy) is 1. The maximum absolute atomic E-state index is 8.86. The van der Waals surface area contributed by atoms with Gasteiger partial charge in [-0.15, -0.1) is 0 Å². The molecule has 2 N–H and O–H groups in total. The van der Waals surface area contributed by atoms with E-state index in [4.69, 9.17) is 14.9 Å². The standard InChI is InChI=1S/C11H24O3/c1-2-3-4-5-6-7-8-9-14-11(13)10-12/h11-13H,2-10H2,1H3. The van der Waals surface area contributed by atoms with Gasteiger partial charge in [0, 0.05) is 6.61 Å². The van der Waals surface area contributed by atoms with Crippen LogP contribution in [-0.4, -0.2) is 29.7 Å². The maximum atomic E-state index is 8.86. The van der Waals surface area contributed by atoms with Crippen LogP contribution in [0.4, 0.5) is 0 Å². The quantitative estimate of drug-likeness (QED) is 0.423. The number of hydrogen-bond acceptors (Lipinski definition) is 3. The van der Waals surface area contributed by atoms with Crippen molar-refractivity contribution in [3.05, 3.63) is 0 Å². The van der Waals surface area contributed by atoms with E-state index in [1.807, 2.05) is 0 Å². The van der Waals surface area contributed by atoms with Crippen LogP contribution in [0, 0.1) is 0 Å². The van der Waals surface area contributed by atoms with Gasteiger partial charge < -0.3 is 14.9 Å². The monoisotopic (exact) mass is 204 g/mol. The van der Waals surface area contributed by atoms with Gasteiger partial charge in [0.25, 0.3) is 0 Å². The van der Waals surface area contributed by atoms with Gasteiger partial charge >= 0.3 is 0 Å². The molecule has 3 heteroatoms. The first-order chi connectivity index (χ1) is 6.81. The first-order valence-corrected chi connectivity index (χ1v) is 5.71. The van der Waals surface area contributed by atoms with Crippen molar-refractivity contribution in [3.63, 3.8) is 0 Å². The molecule has 0 spiro atoms. The molecule has 86 valence electrons. The molecule has 0 amide bonds. The molecule has 0 aromatic carbocycles. The summed E-state index contributed by atoms with van der Waals surface area (Å²) in [4.78, 5) is 0. The lowest BCUT2D eigenvalue weighted by atomic mass is 10.1. The van der Waals surface area contributed by atoms with E-state index in [1.54, 1.807) is 0 Å². The van der Waals surface area contributed by atoms with Crippen molar-refractivity contribution < 1.29 is 14.9 Å². The summed E-state index contributed by atoms with van der Waals surface area (Å²) in [5, 5.41) is 17.3. The Morgan fingerprint density at radius 2 is 1.57 bits per heavy atom. The van der Waals surface area contributed by atoms with Crippen LogP contribution in [0.15, 0.2) is 0 Å². The third-order valence-corrected chi connectivity index (χ3v) is 2.21. The van der Waals surface area contributed by atoms with Gasteiger partial charge in [-0.2, -0.15) is 0 Å². The van der Waals surface area contributed by atoms with Crippen molar-refractivity contribution in [2.45, 2.75) is 58.2 Å². The van der Waals surface area contributed by atoms with E-state index in [0.29, 0.717) is 6.61 Å². The molecule has 0 aromatic rings. The van der Waals surface area contributed by atoms with Gasteiger partial charge in [0.05, 0.1) is 6.61 Å². The molecular formula is C11H24O3. The fourth-order valence-electron chi connectivity index (χ4n) is 1.33. The minimum Gasteiger partial charge on any atom is -0.391 e. The first-order valence-electron chi connectivity index (χ1n) is 5.71. The number of hydrogen-bond donors (Lipinski definition) is 2. The van der Waals surface area contributed by atoms with Crippen LogP contribution in [0.25, 0.3) is 0 Å². The van der Waals surface area contributed by atoms with E-state index in [2.05, 4.69) is 6.92 Å². The molecule has 0 aliphatic heterocycles. The molecule has 1 atom stereocenters. The lowest BCUT2D eigenvalue weighted by Crippen LogP contribution is -2.16. The molecule has 0 saturated carbocycles. The van der Waals surface area contributed by atoms with Crippen LogP contribution < -0.4 is 0 Å². The molecule has 0 radical (unpaired) electrons. The number of aliphatic hydroxyl groups is 2. The second-order valence-electron chi connectivity index (χ2n) is 3.63. The van der Waals surface area contributed by atoms with Gasteiger partial charge in [-0.25, -0.2) is 0 Å². The topological polar surface area (TPSA) is 49.7 Å². The van der Waals surface area contributed by atoms with Gasteiger partial charge in [-0.1, -0.05) is 45.4 Å². The van der Waals surface area contributed by atoms with Gasteiger partial charge in [-0.3, -0.25) is 0 Å². The van der Waals surface area contributed by atoms with Crippen molar-refractivity contribution in [1.82, 2.24) is 0 Å².